The van der Waals surface area contributed by atoms with Gasteiger partial charge in [0.1, 0.15) is 18.0 Å². The fraction of sp³-hybridized carbons (Fsp3) is 0.286. The van der Waals surface area contributed by atoms with E-state index in [4.69, 9.17) is 0 Å². The van der Waals surface area contributed by atoms with Crippen molar-refractivity contribution >= 4 is 33.3 Å². The molecule has 1 heterocycles. The predicted octanol–water partition coefficient (Wildman–Crippen LogP) is 3.00. The molecule has 0 saturated heterocycles. The predicted molar refractivity (Wildman–Crippen MR) is 86.5 cm³/mol. The summed E-state index contributed by atoms with van der Waals surface area (Å²) in [6, 6.07) is 9.83. The second-order valence-electron chi connectivity index (χ2n) is 4.28. The molecule has 0 aliphatic rings. The zero-order valence-corrected chi connectivity index (χ0v) is 12.9. The van der Waals surface area contributed by atoms with Crippen LogP contribution in [-0.4, -0.2) is 30.1 Å². The van der Waals surface area contributed by atoms with E-state index >= 15 is 0 Å². The molecule has 3 N–H and O–H groups in total. The topological polar surface area (TPSA) is 61.9 Å². The van der Waals surface area contributed by atoms with E-state index in [-0.39, 0.29) is 0 Å². The lowest BCUT2D eigenvalue weighted by atomic mass is 10.3. The van der Waals surface area contributed by atoms with E-state index in [2.05, 4.69) is 41.8 Å². The molecule has 5 nitrogen and oxygen atoms in total. The Hall–Kier alpha value is -1.66. The largest absolute Gasteiger partial charge is 0.370 e. The Balaban J connectivity index is 1.97. The summed E-state index contributed by atoms with van der Waals surface area (Å²) < 4.78 is 1.00. The number of rotatable bonds is 7. The lowest BCUT2D eigenvalue weighted by Gasteiger charge is -2.09. The van der Waals surface area contributed by atoms with Gasteiger partial charge in [0.15, 0.2) is 0 Å². The highest BCUT2D eigenvalue weighted by Gasteiger charge is 2.02. The third-order valence-corrected chi connectivity index (χ3v) is 3.40. The smallest absolute Gasteiger partial charge is 0.135 e. The van der Waals surface area contributed by atoms with Crippen LogP contribution < -0.4 is 16.0 Å². The van der Waals surface area contributed by atoms with Gasteiger partial charge in [-0.05, 0) is 48.1 Å². The van der Waals surface area contributed by atoms with Crippen molar-refractivity contribution in [2.45, 2.75) is 6.42 Å². The van der Waals surface area contributed by atoms with Crippen molar-refractivity contribution in [3.05, 3.63) is 41.1 Å². The monoisotopic (exact) mass is 335 g/mol. The van der Waals surface area contributed by atoms with Gasteiger partial charge in [-0.3, -0.25) is 0 Å². The molecule has 0 radical (unpaired) electrons. The van der Waals surface area contributed by atoms with Crippen LogP contribution in [0.5, 0.6) is 0 Å². The summed E-state index contributed by atoms with van der Waals surface area (Å²) >= 11 is 3.50. The second kappa shape index (κ2) is 7.81. The van der Waals surface area contributed by atoms with Gasteiger partial charge in [-0.15, -0.1) is 0 Å². The molecule has 0 saturated carbocycles. The molecule has 1 aromatic heterocycles. The molecule has 1 aromatic carbocycles. The fourth-order valence-electron chi connectivity index (χ4n) is 1.70. The summed E-state index contributed by atoms with van der Waals surface area (Å²) in [5.41, 5.74) is 0.979. The SMILES string of the molecule is CNCCCNc1cc(Nc2ccccc2Br)ncn1. The molecule has 0 unspecified atom stereocenters. The summed E-state index contributed by atoms with van der Waals surface area (Å²) in [5.74, 6) is 1.59. The number of nitrogens with zero attached hydrogens (tertiary/aromatic N) is 2. The molecular weight excluding hydrogens is 318 g/mol. The number of aromatic nitrogens is 2. The minimum atomic E-state index is 0.767. The normalized spacial score (nSPS) is 10.3. The van der Waals surface area contributed by atoms with Crippen molar-refractivity contribution in [2.24, 2.45) is 0 Å². The molecule has 6 heteroatoms. The van der Waals surface area contributed by atoms with E-state index in [0.29, 0.717) is 0 Å². The summed E-state index contributed by atoms with van der Waals surface area (Å²) in [6.45, 7) is 1.87. The Morgan fingerprint density at radius 3 is 2.70 bits per heavy atom. The van der Waals surface area contributed by atoms with Crippen molar-refractivity contribution in [2.75, 3.05) is 30.8 Å². The van der Waals surface area contributed by atoms with E-state index in [1.54, 1.807) is 6.33 Å². The Morgan fingerprint density at radius 1 is 1.10 bits per heavy atom. The number of benzene rings is 1. The maximum Gasteiger partial charge on any atom is 0.135 e. The molecule has 0 aliphatic carbocycles. The average Bonchev–Trinajstić information content (AvgIpc) is 2.47. The highest BCUT2D eigenvalue weighted by atomic mass is 79.9. The van der Waals surface area contributed by atoms with Crippen LogP contribution in [0.4, 0.5) is 17.3 Å². The van der Waals surface area contributed by atoms with Gasteiger partial charge in [0.25, 0.3) is 0 Å². The van der Waals surface area contributed by atoms with E-state index in [1.807, 2.05) is 37.4 Å². The molecule has 0 spiro atoms. The van der Waals surface area contributed by atoms with Crippen LogP contribution in [0.25, 0.3) is 0 Å². The van der Waals surface area contributed by atoms with Crippen LogP contribution in [0, 0.1) is 0 Å². The zero-order chi connectivity index (χ0) is 14.2. The number of anilines is 3. The van der Waals surface area contributed by atoms with Crippen LogP contribution in [-0.2, 0) is 0 Å². The lowest BCUT2D eigenvalue weighted by molar-refractivity contribution is 0.746. The molecule has 20 heavy (non-hydrogen) atoms. The number of hydrogen-bond acceptors (Lipinski definition) is 5. The molecule has 0 aliphatic heterocycles. The number of hydrogen-bond donors (Lipinski definition) is 3. The third kappa shape index (κ3) is 4.47. The molecule has 0 bridgehead atoms. The van der Waals surface area contributed by atoms with Gasteiger partial charge in [-0.1, -0.05) is 12.1 Å². The van der Waals surface area contributed by atoms with E-state index in [9.17, 15) is 0 Å². The molecular formula is C14H18BrN5. The van der Waals surface area contributed by atoms with E-state index < -0.39 is 0 Å². The maximum atomic E-state index is 4.22. The van der Waals surface area contributed by atoms with Crippen molar-refractivity contribution in [1.29, 1.82) is 0 Å². The maximum absolute atomic E-state index is 4.22. The summed E-state index contributed by atoms with van der Waals surface area (Å²) in [6.07, 6.45) is 2.60. The van der Waals surface area contributed by atoms with Crippen LogP contribution in [0.1, 0.15) is 6.42 Å². The highest BCUT2D eigenvalue weighted by Crippen LogP contribution is 2.24. The first-order valence-electron chi connectivity index (χ1n) is 6.51. The van der Waals surface area contributed by atoms with Gasteiger partial charge < -0.3 is 16.0 Å². The fourth-order valence-corrected chi connectivity index (χ4v) is 2.09. The molecule has 106 valence electrons. The van der Waals surface area contributed by atoms with Gasteiger partial charge in [-0.2, -0.15) is 0 Å². The van der Waals surface area contributed by atoms with Crippen LogP contribution >= 0.6 is 15.9 Å². The van der Waals surface area contributed by atoms with Crippen LogP contribution in [0.2, 0.25) is 0 Å². The number of para-hydroxylation sites is 1. The van der Waals surface area contributed by atoms with Gasteiger partial charge in [0.2, 0.25) is 0 Å². The molecule has 0 atom stereocenters. The van der Waals surface area contributed by atoms with Crippen molar-refractivity contribution in [3.63, 3.8) is 0 Å². The molecule has 2 rings (SSSR count). The van der Waals surface area contributed by atoms with E-state index in [1.165, 1.54) is 0 Å². The Kier molecular flexibility index (Phi) is 5.76. The van der Waals surface area contributed by atoms with Crippen LogP contribution in [0.15, 0.2) is 41.1 Å². The van der Waals surface area contributed by atoms with Crippen molar-refractivity contribution < 1.29 is 0 Å². The third-order valence-electron chi connectivity index (χ3n) is 2.71. The Bertz CT molecular complexity index is 547. The first-order chi connectivity index (χ1) is 9.79. The molecule has 2 aromatic rings. The quantitative estimate of drug-likeness (QED) is 0.679. The number of halogens is 1. The highest BCUT2D eigenvalue weighted by molar-refractivity contribution is 9.10. The van der Waals surface area contributed by atoms with Gasteiger partial charge in [-0.25, -0.2) is 9.97 Å². The molecule has 0 amide bonds. The van der Waals surface area contributed by atoms with Gasteiger partial charge in [0.05, 0.1) is 5.69 Å². The summed E-state index contributed by atoms with van der Waals surface area (Å²) in [5, 5.41) is 9.66. The minimum absolute atomic E-state index is 0.767. The Morgan fingerprint density at radius 2 is 1.90 bits per heavy atom. The van der Waals surface area contributed by atoms with E-state index in [0.717, 1.165) is 41.3 Å². The lowest BCUT2D eigenvalue weighted by Crippen LogP contribution is -2.13. The number of nitrogens with one attached hydrogen (secondary N) is 3. The zero-order valence-electron chi connectivity index (χ0n) is 11.4. The van der Waals surface area contributed by atoms with Crippen LogP contribution in [0.3, 0.4) is 0 Å². The summed E-state index contributed by atoms with van der Waals surface area (Å²) in [7, 11) is 1.95. The van der Waals surface area contributed by atoms with Gasteiger partial charge >= 0.3 is 0 Å². The first-order valence-corrected chi connectivity index (χ1v) is 7.31. The standard InChI is InChI=1S/C14H18BrN5/c1-16-7-4-8-17-13-9-14(19-10-18-13)20-12-6-3-2-5-11(12)15/h2-3,5-6,9-10,16H,4,7-8H2,1H3,(H2,17,18,19,20). The minimum Gasteiger partial charge on any atom is -0.370 e. The second-order valence-corrected chi connectivity index (χ2v) is 5.13. The molecule has 0 fully saturated rings. The van der Waals surface area contributed by atoms with Crippen molar-refractivity contribution in [3.8, 4) is 0 Å². The average molecular weight is 336 g/mol. The first kappa shape index (κ1) is 14.7. The summed E-state index contributed by atoms with van der Waals surface area (Å²) in [4.78, 5) is 8.43. The van der Waals surface area contributed by atoms with Gasteiger partial charge in [0, 0.05) is 17.1 Å². The van der Waals surface area contributed by atoms with Crippen molar-refractivity contribution in [1.82, 2.24) is 15.3 Å². The Labute approximate surface area is 127 Å².